The van der Waals surface area contributed by atoms with Crippen LogP contribution in [0.25, 0.3) is 10.9 Å². The summed E-state index contributed by atoms with van der Waals surface area (Å²) in [5.74, 6) is 1.52. The number of amides is 1. The Morgan fingerprint density at radius 3 is 2.54 bits per heavy atom. The highest BCUT2D eigenvalue weighted by atomic mass is 35.5. The van der Waals surface area contributed by atoms with E-state index in [4.69, 9.17) is 25.8 Å². The SMILES string of the molecule is COc1ccc(NCc2cc3cc4c(cc3n(CC(=O)Nc3cccc(Cl)c3)c2=O)OCO4)cc1. The number of hydrogen-bond donors (Lipinski definition) is 2. The van der Waals surface area contributed by atoms with Gasteiger partial charge in [0, 0.05) is 40.0 Å². The van der Waals surface area contributed by atoms with Crippen LogP contribution in [0.5, 0.6) is 17.2 Å². The van der Waals surface area contributed by atoms with Crippen LogP contribution in [0.15, 0.2) is 71.5 Å². The van der Waals surface area contributed by atoms with Gasteiger partial charge < -0.3 is 24.8 Å². The average molecular weight is 492 g/mol. The van der Waals surface area contributed by atoms with E-state index in [-0.39, 0.29) is 31.3 Å². The first-order valence-corrected chi connectivity index (χ1v) is 11.3. The van der Waals surface area contributed by atoms with Crippen LogP contribution in [0.4, 0.5) is 11.4 Å². The number of methoxy groups -OCH3 is 1. The highest BCUT2D eigenvalue weighted by molar-refractivity contribution is 6.30. The van der Waals surface area contributed by atoms with E-state index in [0.717, 1.165) is 16.8 Å². The van der Waals surface area contributed by atoms with E-state index in [1.165, 1.54) is 4.57 Å². The van der Waals surface area contributed by atoms with Crippen LogP contribution in [-0.2, 0) is 17.9 Å². The zero-order valence-corrected chi connectivity index (χ0v) is 19.6. The first kappa shape index (κ1) is 22.6. The molecular weight excluding hydrogens is 470 g/mol. The van der Waals surface area contributed by atoms with Gasteiger partial charge in [0.1, 0.15) is 12.3 Å². The first-order valence-electron chi connectivity index (χ1n) is 10.9. The van der Waals surface area contributed by atoms with Crippen molar-refractivity contribution in [3.63, 3.8) is 0 Å². The van der Waals surface area contributed by atoms with Gasteiger partial charge in [-0.2, -0.15) is 0 Å². The molecule has 0 spiro atoms. The number of anilines is 2. The Morgan fingerprint density at radius 1 is 1.03 bits per heavy atom. The van der Waals surface area contributed by atoms with Gasteiger partial charge in [-0.05, 0) is 54.6 Å². The highest BCUT2D eigenvalue weighted by Gasteiger charge is 2.19. The second-order valence-corrected chi connectivity index (χ2v) is 8.40. The van der Waals surface area contributed by atoms with Crippen molar-refractivity contribution in [1.82, 2.24) is 4.57 Å². The van der Waals surface area contributed by atoms with Crippen molar-refractivity contribution in [2.45, 2.75) is 13.1 Å². The quantitative estimate of drug-likeness (QED) is 0.391. The van der Waals surface area contributed by atoms with Crippen LogP contribution in [-0.4, -0.2) is 24.4 Å². The molecule has 1 amide bonds. The van der Waals surface area contributed by atoms with E-state index in [0.29, 0.717) is 33.3 Å². The van der Waals surface area contributed by atoms with Gasteiger partial charge in [0.25, 0.3) is 5.56 Å². The van der Waals surface area contributed by atoms with Gasteiger partial charge in [0.15, 0.2) is 11.5 Å². The van der Waals surface area contributed by atoms with Crippen LogP contribution in [0.1, 0.15) is 5.56 Å². The first-order chi connectivity index (χ1) is 17.0. The summed E-state index contributed by atoms with van der Waals surface area (Å²) in [6, 6.07) is 19.6. The number of carbonyl (C=O) groups is 1. The molecule has 2 heterocycles. The van der Waals surface area contributed by atoms with E-state index >= 15 is 0 Å². The van der Waals surface area contributed by atoms with Crippen molar-refractivity contribution in [1.29, 1.82) is 0 Å². The van der Waals surface area contributed by atoms with Crippen molar-refractivity contribution < 1.29 is 19.0 Å². The monoisotopic (exact) mass is 491 g/mol. The molecule has 35 heavy (non-hydrogen) atoms. The van der Waals surface area contributed by atoms with Gasteiger partial charge in [-0.1, -0.05) is 17.7 Å². The van der Waals surface area contributed by atoms with E-state index < -0.39 is 0 Å². The second kappa shape index (κ2) is 9.60. The summed E-state index contributed by atoms with van der Waals surface area (Å²) in [6.45, 7) is 0.195. The molecule has 0 radical (unpaired) electrons. The summed E-state index contributed by atoms with van der Waals surface area (Å²) in [7, 11) is 1.61. The van der Waals surface area contributed by atoms with E-state index in [1.807, 2.05) is 36.4 Å². The number of carbonyl (C=O) groups excluding carboxylic acids is 1. The lowest BCUT2D eigenvalue weighted by Gasteiger charge is -2.15. The van der Waals surface area contributed by atoms with E-state index in [2.05, 4.69) is 10.6 Å². The Morgan fingerprint density at radius 2 is 1.80 bits per heavy atom. The Labute approximate surface area is 206 Å². The molecule has 3 aromatic carbocycles. The van der Waals surface area contributed by atoms with Crippen LogP contribution >= 0.6 is 11.6 Å². The number of rotatable bonds is 7. The fraction of sp³-hybridized carbons (Fsp3) is 0.154. The third kappa shape index (κ3) is 4.88. The minimum atomic E-state index is -0.353. The van der Waals surface area contributed by atoms with Gasteiger partial charge in [-0.25, -0.2) is 0 Å². The molecule has 8 nitrogen and oxygen atoms in total. The molecule has 0 saturated heterocycles. The molecule has 0 fully saturated rings. The summed E-state index contributed by atoms with van der Waals surface area (Å²) in [5.41, 5.74) is 2.19. The molecule has 1 aliphatic heterocycles. The minimum Gasteiger partial charge on any atom is -0.497 e. The summed E-state index contributed by atoms with van der Waals surface area (Å²) in [6.07, 6.45) is 0. The van der Waals surface area contributed by atoms with E-state index in [1.54, 1.807) is 37.4 Å². The third-order valence-corrected chi connectivity index (χ3v) is 5.88. The number of benzene rings is 3. The molecule has 0 atom stereocenters. The van der Waals surface area contributed by atoms with Crippen molar-refractivity contribution >= 4 is 39.8 Å². The van der Waals surface area contributed by atoms with Crippen LogP contribution in [0, 0.1) is 0 Å². The molecule has 9 heteroatoms. The molecular formula is C26H22ClN3O5. The molecule has 0 aliphatic carbocycles. The number of nitrogens with zero attached hydrogens (tertiary/aromatic N) is 1. The maximum absolute atomic E-state index is 13.5. The number of halogens is 1. The molecule has 178 valence electrons. The number of hydrogen-bond acceptors (Lipinski definition) is 6. The van der Waals surface area contributed by atoms with Gasteiger partial charge in [0.2, 0.25) is 12.7 Å². The Bertz CT molecular complexity index is 1470. The number of pyridine rings is 1. The lowest BCUT2D eigenvalue weighted by molar-refractivity contribution is -0.116. The summed E-state index contributed by atoms with van der Waals surface area (Å²) >= 11 is 6.02. The second-order valence-electron chi connectivity index (χ2n) is 7.97. The third-order valence-electron chi connectivity index (χ3n) is 5.65. The predicted molar refractivity (Wildman–Crippen MR) is 135 cm³/mol. The van der Waals surface area contributed by atoms with Gasteiger partial charge >= 0.3 is 0 Å². The lowest BCUT2D eigenvalue weighted by atomic mass is 10.1. The molecule has 0 bridgehead atoms. The number of nitrogens with one attached hydrogen (secondary N) is 2. The lowest BCUT2D eigenvalue weighted by Crippen LogP contribution is -2.30. The van der Waals surface area contributed by atoms with Gasteiger partial charge in [-0.3, -0.25) is 14.2 Å². The number of aromatic nitrogens is 1. The number of fused-ring (bicyclic) bond motifs is 2. The standard InChI is InChI=1S/C26H22ClN3O5/c1-33-21-7-5-19(6-8-21)28-13-17-9-16-10-23-24(35-15-34-23)12-22(16)30(26(17)32)14-25(31)29-20-4-2-3-18(27)11-20/h2-12,28H,13-15H2,1H3,(H,29,31). The molecule has 1 aliphatic rings. The fourth-order valence-electron chi connectivity index (χ4n) is 3.93. The zero-order chi connectivity index (χ0) is 24.4. The predicted octanol–water partition coefficient (Wildman–Crippen LogP) is 4.64. The Balaban J connectivity index is 1.48. The van der Waals surface area contributed by atoms with Crippen LogP contribution < -0.4 is 30.4 Å². The van der Waals surface area contributed by atoms with Crippen LogP contribution in [0.2, 0.25) is 5.02 Å². The zero-order valence-electron chi connectivity index (χ0n) is 18.8. The summed E-state index contributed by atoms with van der Waals surface area (Å²) < 4.78 is 17.6. The normalized spacial score (nSPS) is 11.9. The summed E-state index contributed by atoms with van der Waals surface area (Å²) in [4.78, 5) is 26.4. The van der Waals surface area contributed by atoms with Crippen molar-refractivity contribution in [2.24, 2.45) is 0 Å². The molecule has 5 rings (SSSR count). The molecule has 0 saturated carbocycles. The van der Waals surface area contributed by atoms with Gasteiger partial charge in [0.05, 0.1) is 12.6 Å². The molecule has 2 N–H and O–H groups in total. The van der Waals surface area contributed by atoms with E-state index in [9.17, 15) is 9.59 Å². The van der Waals surface area contributed by atoms with Crippen molar-refractivity contribution in [3.8, 4) is 17.2 Å². The molecule has 4 aromatic rings. The minimum absolute atomic E-state index is 0.108. The maximum Gasteiger partial charge on any atom is 0.256 e. The Hall–Kier alpha value is -4.17. The summed E-state index contributed by atoms with van der Waals surface area (Å²) in [5, 5.41) is 7.32. The largest absolute Gasteiger partial charge is 0.497 e. The van der Waals surface area contributed by atoms with Gasteiger partial charge in [-0.15, -0.1) is 0 Å². The smallest absolute Gasteiger partial charge is 0.256 e. The molecule has 0 unspecified atom stereocenters. The van der Waals surface area contributed by atoms with Crippen molar-refractivity contribution in [2.75, 3.05) is 24.5 Å². The molecule has 1 aromatic heterocycles. The van der Waals surface area contributed by atoms with Crippen molar-refractivity contribution in [3.05, 3.63) is 87.7 Å². The number of ether oxygens (including phenoxy) is 3. The maximum atomic E-state index is 13.5. The highest BCUT2D eigenvalue weighted by Crippen LogP contribution is 2.36. The van der Waals surface area contributed by atoms with Crippen LogP contribution in [0.3, 0.4) is 0 Å². The average Bonchev–Trinajstić information content (AvgIpc) is 3.31. The fourth-order valence-corrected chi connectivity index (χ4v) is 4.12. The topological polar surface area (TPSA) is 90.8 Å². The Kier molecular flexibility index (Phi) is 6.20.